The summed E-state index contributed by atoms with van der Waals surface area (Å²) in [5.74, 6) is -0.752. The number of hydrogen-bond acceptors (Lipinski definition) is 2. The lowest BCUT2D eigenvalue weighted by atomic mass is 10.1. The van der Waals surface area contributed by atoms with Gasteiger partial charge in [-0.1, -0.05) is 28.1 Å². The van der Waals surface area contributed by atoms with Gasteiger partial charge in [-0.25, -0.2) is 9.82 Å². The third-order valence-electron chi connectivity index (χ3n) is 2.69. The highest BCUT2D eigenvalue weighted by Crippen LogP contribution is 2.11. The summed E-state index contributed by atoms with van der Waals surface area (Å²) in [4.78, 5) is 11.8. The third-order valence-corrected chi connectivity index (χ3v) is 3.22. The first-order valence-corrected chi connectivity index (χ1v) is 6.72. The van der Waals surface area contributed by atoms with Gasteiger partial charge in [-0.05, 0) is 48.9 Å². The normalized spacial score (nSPS) is 11.2. The summed E-state index contributed by atoms with van der Waals surface area (Å²) in [5, 5.41) is 4.03. The minimum atomic E-state index is -0.379. The van der Waals surface area contributed by atoms with E-state index in [0.29, 0.717) is 11.3 Å². The van der Waals surface area contributed by atoms with Crippen molar-refractivity contribution in [1.82, 2.24) is 5.43 Å². The Hall–Kier alpha value is -2.01. The van der Waals surface area contributed by atoms with Crippen LogP contribution in [0.3, 0.4) is 0 Å². The van der Waals surface area contributed by atoms with Gasteiger partial charge in [0, 0.05) is 10.0 Å². The molecule has 0 aromatic heterocycles. The van der Waals surface area contributed by atoms with Crippen LogP contribution in [0.5, 0.6) is 0 Å². The van der Waals surface area contributed by atoms with Crippen molar-refractivity contribution in [2.24, 2.45) is 5.10 Å². The van der Waals surface area contributed by atoms with E-state index in [2.05, 4.69) is 26.5 Å². The Labute approximate surface area is 124 Å². The van der Waals surface area contributed by atoms with E-state index in [-0.39, 0.29) is 11.7 Å². The van der Waals surface area contributed by atoms with Crippen molar-refractivity contribution >= 4 is 27.5 Å². The van der Waals surface area contributed by atoms with Crippen molar-refractivity contribution in [3.63, 3.8) is 0 Å². The number of nitrogens with one attached hydrogen (secondary N) is 1. The molecule has 0 saturated heterocycles. The van der Waals surface area contributed by atoms with Gasteiger partial charge in [-0.3, -0.25) is 4.79 Å². The van der Waals surface area contributed by atoms with Crippen LogP contribution in [0, 0.1) is 5.82 Å². The van der Waals surface area contributed by atoms with Crippen molar-refractivity contribution < 1.29 is 9.18 Å². The van der Waals surface area contributed by atoms with Crippen molar-refractivity contribution in [1.29, 1.82) is 0 Å². The molecule has 3 nitrogen and oxygen atoms in total. The molecule has 0 spiro atoms. The summed E-state index contributed by atoms with van der Waals surface area (Å²) in [7, 11) is 0. The highest BCUT2D eigenvalue weighted by Gasteiger charge is 2.04. The molecule has 0 aliphatic heterocycles. The molecule has 102 valence electrons. The van der Waals surface area contributed by atoms with Gasteiger partial charge in [0.1, 0.15) is 5.82 Å². The SMILES string of the molecule is C/C(=N\NC(=O)c1ccc(F)cc1)c1ccc(Br)cc1. The van der Waals surface area contributed by atoms with Crippen LogP contribution < -0.4 is 5.43 Å². The first-order valence-electron chi connectivity index (χ1n) is 5.92. The fourth-order valence-electron chi connectivity index (χ4n) is 1.56. The summed E-state index contributed by atoms with van der Waals surface area (Å²) < 4.78 is 13.7. The zero-order chi connectivity index (χ0) is 14.5. The molecule has 0 aliphatic carbocycles. The molecule has 0 saturated carbocycles. The van der Waals surface area contributed by atoms with E-state index in [1.54, 1.807) is 6.92 Å². The van der Waals surface area contributed by atoms with E-state index >= 15 is 0 Å². The maximum atomic E-state index is 12.8. The van der Waals surface area contributed by atoms with Gasteiger partial charge < -0.3 is 0 Å². The molecular formula is C15H12BrFN2O. The van der Waals surface area contributed by atoms with E-state index in [1.165, 1.54) is 24.3 Å². The third kappa shape index (κ3) is 3.74. The minimum Gasteiger partial charge on any atom is -0.267 e. The maximum absolute atomic E-state index is 12.8. The molecule has 0 heterocycles. The number of benzene rings is 2. The zero-order valence-electron chi connectivity index (χ0n) is 10.7. The molecule has 2 rings (SSSR count). The molecule has 0 aliphatic rings. The summed E-state index contributed by atoms with van der Waals surface area (Å²) in [6.07, 6.45) is 0. The van der Waals surface area contributed by atoms with Gasteiger partial charge in [0.2, 0.25) is 0 Å². The standard InChI is InChI=1S/C15H12BrFN2O/c1-10(11-2-6-13(16)7-3-11)18-19-15(20)12-4-8-14(17)9-5-12/h2-9H,1H3,(H,19,20)/b18-10+. The highest BCUT2D eigenvalue weighted by atomic mass is 79.9. The second-order valence-corrected chi connectivity index (χ2v) is 5.07. The van der Waals surface area contributed by atoms with E-state index in [1.807, 2.05) is 24.3 Å². The van der Waals surface area contributed by atoms with Gasteiger partial charge in [0.15, 0.2) is 0 Å². The van der Waals surface area contributed by atoms with Crippen LogP contribution in [0.1, 0.15) is 22.8 Å². The summed E-state index contributed by atoms with van der Waals surface area (Å²) >= 11 is 3.35. The van der Waals surface area contributed by atoms with Crippen LogP contribution in [-0.4, -0.2) is 11.6 Å². The van der Waals surface area contributed by atoms with Gasteiger partial charge in [-0.2, -0.15) is 5.10 Å². The lowest BCUT2D eigenvalue weighted by Gasteiger charge is -2.03. The summed E-state index contributed by atoms with van der Waals surface area (Å²) in [5.41, 5.74) is 4.40. The van der Waals surface area contributed by atoms with E-state index < -0.39 is 0 Å². The van der Waals surface area contributed by atoms with Crippen molar-refractivity contribution in [2.75, 3.05) is 0 Å². The number of hydrazone groups is 1. The van der Waals surface area contributed by atoms with Crippen molar-refractivity contribution in [2.45, 2.75) is 6.92 Å². The Morgan fingerprint density at radius 2 is 1.60 bits per heavy atom. The molecule has 1 N–H and O–H groups in total. The molecule has 0 atom stereocenters. The summed E-state index contributed by atoms with van der Waals surface area (Å²) in [6, 6.07) is 12.9. The number of amides is 1. The molecule has 5 heteroatoms. The maximum Gasteiger partial charge on any atom is 0.271 e. The van der Waals surface area contributed by atoms with Crippen LogP contribution >= 0.6 is 15.9 Å². The van der Waals surface area contributed by atoms with Crippen LogP contribution in [-0.2, 0) is 0 Å². The smallest absolute Gasteiger partial charge is 0.267 e. The number of carbonyl (C=O) groups excluding carboxylic acids is 1. The minimum absolute atomic E-state index is 0.360. The van der Waals surface area contributed by atoms with Gasteiger partial charge in [0.25, 0.3) is 5.91 Å². The highest BCUT2D eigenvalue weighted by molar-refractivity contribution is 9.10. The van der Waals surface area contributed by atoms with E-state index in [0.717, 1.165) is 10.0 Å². The fraction of sp³-hybridized carbons (Fsp3) is 0.0667. The molecule has 1 amide bonds. The monoisotopic (exact) mass is 334 g/mol. The van der Waals surface area contributed by atoms with Crippen LogP contribution in [0.25, 0.3) is 0 Å². The van der Waals surface area contributed by atoms with Gasteiger partial charge >= 0.3 is 0 Å². The Bertz CT molecular complexity index is 636. The fourth-order valence-corrected chi connectivity index (χ4v) is 1.82. The average Bonchev–Trinajstić information content (AvgIpc) is 2.46. The Kier molecular flexibility index (Phi) is 4.63. The number of rotatable bonds is 3. The largest absolute Gasteiger partial charge is 0.271 e. The molecule has 2 aromatic carbocycles. The second kappa shape index (κ2) is 6.43. The summed E-state index contributed by atoms with van der Waals surface area (Å²) in [6.45, 7) is 1.80. The molecule has 0 radical (unpaired) electrons. The Morgan fingerprint density at radius 3 is 2.20 bits per heavy atom. The lowest BCUT2D eigenvalue weighted by molar-refractivity contribution is 0.0955. The average molecular weight is 335 g/mol. The predicted octanol–water partition coefficient (Wildman–Crippen LogP) is 3.74. The van der Waals surface area contributed by atoms with Crippen LogP contribution in [0.15, 0.2) is 58.1 Å². The molecule has 0 bridgehead atoms. The number of nitrogens with zero attached hydrogens (tertiary/aromatic N) is 1. The second-order valence-electron chi connectivity index (χ2n) is 4.15. The quantitative estimate of drug-likeness (QED) is 0.674. The van der Waals surface area contributed by atoms with E-state index in [9.17, 15) is 9.18 Å². The number of hydrogen-bond donors (Lipinski definition) is 1. The zero-order valence-corrected chi connectivity index (χ0v) is 12.3. The topological polar surface area (TPSA) is 41.5 Å². The first kappa shape index (κ1) is 14.4. The molecule has 2 aromatic rings. The molecule has 0 unspecified atom stereocenters. The predicted molar refractivity (Wildman–Crippen MR) is 80.2 cm³/mol. The van der Waals surface area contributed by atoms with E-state index in [4.69, 9.17) is 0 Å². The lowest BCUT2D eigenvalue weighted by Crippen LogP contribution is -2.19. The molecule has 20 heavy (non-hydrogen) atoms. The van der Waals surface area contributed by atoms with Gasteiger partial charge in [0.05, 0.1) is 5.71 Å². The first-order chi connectivity index (χ1) is 9.56. The molecule has 0 fully saturated rings. The Morgan fingerprint density at radius 1 is 1.05 bits per heavy atom. The number of carbonyl (C=O) groups is 1. The van der Waals surface area contributed by atoms with Crippen LogP contribution in [0.2, 0.25) is 0 Å². The van der Waals surface area contributed by atoms with Crippen molar-refractivity contribution in [3.8, 4) is 0 Å². The molecular weight excluding hydrogens is 323 g/mol. The van der Waals surface area contributed by atoms with Crippen LogP contribution in [0.4, 0.5) is 4.39 Å². The number of halogens is 2. The van der Waals surface area contributed by atoms with Gasteiger partial charge in [-0.15, -0.1) is 0 Å². The van der Waals surface area contributed by atoms with Crippen molar-refractivity contribution in [3.05, 3.63) is 69.9 Å². The Balaban J connectivity index is 2.06.